The number of nitrogens with one attached hydrogen (secondary N) is 1. The third-order valence-corrected chi connectivity index (χ3v) is 4.64. The van der Waals surface area contributed by atoms with Crippen molar-refractivity contribution >= 4 is 21.6 Å². The van der Waals surface area contributed by atoms with Crippen molar-refractivity contribution in [2.75, 3.05) is 18.2 Å². The Morgan fingerprint density at radius 1 is 1.32 bits per heavy atom. The van der Waals surface area contributed by atoms with Gasteiger partial charge in [0.2, 0.25) is 11.8 Å². The normalized spacial score (nSPS) is 11.2. The summed E-state index contributed by atoms with van der Waals surface area (Å²) in [4.78, 5) is 11.9. The second-order valence-electron chi connectivity index (χ2n) is 4.63. The van der Waals surface area contributed by atoms with Crippen LogP contribution in [0.1, 0.15) is 12.1 Å². The fourth-order valence-electron chi connectivity index (χ4n) is 1.75. The topological polar surface area (TPSA) is 98.5 Å². The summed E-state index contributed by atoms with van der Waals surface area (Å²) in [6, 6.07) is 7.57. The van der Waals surface area contributed by atoms with Crippen LogP contribution in [0.15, 0.2) is 39.8 Å². The first-order chi connectivity index (χ1) is 10.4. The number of aromatic nitrogens is 1. The number of nitrogens with zero attached hydrogens (tertiary/aromatic N) is 1. The average Bonchev–Trinajstić information content (AvgIpc) is 2.90. The van der Waals surface area contributed by atoms with Crippen LogP contribution in [0.2, 0.25) is 0 Å². The van der Waals surface area contributed by atoms with E-state index in [0.717, 1.165) is 0 Å². The average molecular weight is 324 g/mol. The molecule has 22 heavy (non-hydrogen) atoms. The summed E-state index contributed by atoms with van der Waals surface area (Å²) in [5, 5.41) is 6.08. The van der Waals surface area contributed by atoms with E-state index in [9.17, 15) is 13.2 Å². The van der Waals surface area contributed by atoms with Gasteiger partial charge in [0.05, 0.1) is 23.5 Å². The zero-order chi connectivity index (χ0) is 16.2. The second kappa shape index (κ2) is 6.61. The fourth-order valence-corrected chi connectivity index (χ4v) is 2.99. The number of hydrogen-bond acceptors (Lipinski definition) is 6. The summed E-state index contributed by atoms with van der Waals surface area (Å²) < 4.78 is 34.1. The molecule has 0 saturated carbocycles. The van der Waals surface area contributed by atoms with Crippen LogP contribution >= 0.6 is 0 Å². The predicted molar refractivity (Wildman–Crippen MR) is 79.5 cm³/mol. The van der Waals surface area contributed by atoms with Gasteiger partial charge in [-0.3, -0.25) is 10.1 Å². The number of sulfone groups is 1. The van der Waals surface area contributed by atoms with Crippen molar-refractivity contribution in [3.05, 3.63) is 36.0 Å². The Labute approximate surface area is 128 Å². The van der Waals surface area contributed by atoms with Gasteiger partial charge < -0.3 is 9.26 Å². The van der Waals surface area contributed by atoms with Crippen LogP contribution in [-0.2, 0) is 14.6 Å². The largest absolute Gasteiger partial charge is 0.497 e. The summed E-state index contributed by atoms with van der Waals surface area (Å²) in [5.41, 5.74) is 0.626. The number of carbonyl (C=O) groups excluding carboxylic acids is 1. The van der Waals surface area contributed by atoms with Gasteiger partial charge in [0, 0.05) is 12.5 Å². The van der Waals surface area contributed by atoms with E-state index < -0.39 is 15.7 Å². The molecule has 0 aliphatic heterocycles. The molecule has 1 aromatic heterocycles. The number of methoxy groups -OCH3 is 1. The maximum absolute atomic E-state index is 12.1. The molecule has 1 heterocycles. The zero-order valence-electron chi connectivity index (χ0n) is 12.2. The van der Waals surface area contributed by atoms with Crippen molar-refractivity contribution in [1.82, 2.24) is 5.16 Å². The fraction of sp³-hybridized carbons (Fsp3) is 0.286. The summed E-state index contributed by atoms with van der Waals surface area (Å²) in [6.07, 6.45) is -0.173. The van der Waals surface area contributed by atoms with Crippen LogP contribution < -0.4 is 10.1 Å². The predicted octanol–water partition coefficient (Wildman–Crippen LogP) is 1.79. The van der Waals surface area contributed by atoms with E-state index >= 15 is 0 Å². The maximum atomic E-state index is 12.1. The van der Waals surface area contributed by atoms with Gasteiger partial charge in [-0.1, -0.05) is 5.16 Å². The molecule has 0 atom stereocenters. The Hall–Kier alpha value is -2.35. The molecule has 0 fully saturated rings. The minimum atomic E-state index is -3.53. The smallest absolute Gasteiger partial charge is 0.231 e. The molecule has 1 aromatic carbocycles. The molecule has 1 N–H and O–H groups in total. The Kier molecular flexibility index (Phi) is 4.81. The van der Waals surface area contributed by atoms with Gasteiger partial charge in [-0.2, -0.15) is 0 Å². The minimum Gasteiger partial charge on any atom is -0.497 e. The highest BCUT2D eigenvalue weighted by Gasteiger charge is 2.17. The molecule has 1 amide bonds. The Morgan fingerprint density at radius 3 is 2.55 bits per heavy atom. The lowest BCUT2D eigenvalue weighted by Crippen LogP contribution is -2.17. The van der Waals surface area contributed by atoms with E-state index in [1.165, 1.54) is 19.2 Å². The lowest BCUT2D eigenvalue weighted by molar-refractivity contribution is -0.115. The standard InChI is InChI=1S/C14H16N2O5S/c1-10-9-14(21-16-10)15-13(17)7-8-22(18,19)12-5-3-11(20-2)4-6-12/h3-6,9H,7-8H2,1-2H3,(H,15,17). The summed E-state index contributed by atoms with van der Waals surface area (Å²) in [6.45, 7) is 1.72. The van der Waals surface area contributed by atoms with E-state index in [1.807, 2.05) is 0 Å². The highest BCUT2D eigenvalue weighted by Crippen LogP contribution is 2.17. The Balaban J connectivity index is 1.95. The lowest BCUT2D eigenvalue weighted by atomic mass is 10.3. The molecule has 2 rings (SSSR count). The molecule has 118 valence electrons. The molecular formula is C14H16N2O5S. The number of rotatable bonds is 6. The van der Waals surface area contributed by atoms with Gasteiger partial charge in [0.1, 0.15) is 5.75 Å². The quantitative estimate of drug-likeness (QED) is 0.870. The van der Waals surface area contributed by atoms with Crippen molar-refractivity contribution in [2.45, 2.75) is 18.2 Å². The third-order valence-electron chi connectivity index (χ3n) is 2.91. The molecule has 0 aliphatic rings. The first-order valence-corrected chi connectivity index (χ1v) is 8.16. The van der Waals surface area contributed by atoms with Crippen LogP contribution in [-0.4, -0.2) is 32.3 Å². The first-order valence-electron chi connectivity index (χ1n) is 6.51. The molecule has 8 heteroatoms. The van der Waals surface area contributed by atoms with Gasteiger partial charge in [-0.05, 0) is 31.2 Å². The Morgan fingerprint density at radius 2 is 2.00 bits per heavy atom. The van der Waals surface area contributed by atoms with Gasteiger partial charge in [-0.15, -0.1) is 0 Å². The lowest BCUT2D eigenvalue weighted by Gasteiger charge is -2.05. The molecule has 0 radical (unpaired) electrons. The number of ether oxygens (including phenoxy) is 1. The van der Waals surface area contributed by atoms with Crippen LogP contribution in [0.3, 0.4) is 0 Å². The second-order valence-corrected chi connectivity index (χ2v) is 6.73. The van der Waals surface area contributed by atoms with Gasteiger partial charge >= 0.3 is 0 Å². The van der Waals surface area contributed by atoms with E-state index in [-0.39, 0.29) is 23.0 Å². The molecule has 2 aromatic rings. The van der Waals surface area contributed by atoms with E-state index in [2.05, 4.69) is 10.5 Å². The Bertz CT molecular complexity index is 750. The molecular weight excluding hydrogens is 308 g/mol. The van der Waals surface area contributed by atoms with Crippen LogP contribution in [0.4, 0.5) is 5.88 Å². The number of amides is 1. The zero-order valence-corrected chi connectivity index (χ0v) is 13.0. The third kappa shape index (κ3) is 4.08. The highest BCUT2D eigenvalue weighted by molar-refractivity contribution is 7.91. The van der Waals surface area contributed by atoms with Gasteiger partial charge in [0.25, 0.3) is 0 Å². The molecule has 0 aliphatic carbocycles. The van der Waals surface area contributed by atoms with Gasteiger partial charge in [-0.25, -0.2) is 8.42 Å². The van der Waals surface area contributed by atoms with Crippen molar-refractivity contribution < 1.29 is 22.5 Å². The highest BCUT2D eigenvalue weighted by atomic mass is 32.2. The van der Waals surface area contributed by atoms with Crippen LogP contribution in [0.25, 0.3) is 0 Å². The minimum absolute atomic E-state index is 0.150. The monoisotopic (exact) mass is 324 g/mol. The SMILES string of the molecule is COc1ccc(S(=O)(=O)CCC(=O)Nc2cc(C)no2)cc1. The van der Waals surface area contributed by atoms with Crippen molar-refractivity contribution in [2.24, 2.45) is 0 Å². The summed E-state index contributed by atoms with van der Waals surface area (Å²) >= 11 is 0. The van der Waals surface area contributed by atoms with Crippen molar-refractivity contribution in [1.29, 1.82) is 0 Å². The number of carbonyl (C=O) groups is 1. The number of anilines is 1. The van der Waals surface area contributed by atoms with Crippen molar-refractivity contribution in [3.8, 4) is 5.75 Å². The molecule has 0 saturated heterocycles. The van der Waals surface area contributed by atoms with Gasteiger partial charge in [0.15, 0.2) is 9.84 Å². The number of benzene rings is 1. The first kappa shape index (κ1) is 16.0. The molecule has 0 spiro atoms. The molecule has 7 nitrogen and oxygen atoms in total. The summed E-state index contributed by atoms with van der Waals surface area (Å²) in [7, 11) is -2.03. The van der Waals surface area contributed by atoms with Crippen LogP contribution in [0.5, 0.6) is 5.75 Å². The molecule has 0 bridgehead atoms. The van der Waals surface area contributed by atoms with E-state index in [0.29, 0.717) is 11.4 Å². The van der Waals surface area contributed by atoms with E-state index in [1.54, 1.807) is 25.1 Å². The van der Waals surface area contributed by atoms with Crippen LogP contribution in [0, 0.1) is 6.92 Å². The van der Waals surface area contributed by atoms with Crippen molar-refractivity contribution in [3.63, 3.8) is 0 Å². The summed E-state index contributed by atoms with van der Waals surface area (Å²) in [5.74, 6) is 0.0214. The molecule has 0 unspecified atom stereocenters. The number of aryl methyl sites for hydroxylation is 1. The maximum Gasteiger partial charge on any atom is 0.231 e. The number of hydrogen-bond donors (Lipinski definition) is 1. The van der Waals surface area contributed by atoms with E-state index in [4.69, 9.17) is 9.26 Å².